The standard InChI is InChI=1S/C20H22F6N4O/c1-10(2)16(9-31)29-18-28-15(11-3-4-11)8-17(30-18)27-14-6-5-12(19(21,22)23)7-13(14)20(24,25)26/h5-8,10-11,16,31H,3-4,9H2,1-2H3,(H2,27,28,29,30)/t16-/m0/s1. The fourth-order valence-corrected chi connectivity index (χ4v) is 2.97. The second-order valence-electron chi connectivity index (χ2n) is 7.83. The van der Waals surface area contributed by atoms with Crippen LogP contribution in [0.25, 0.3) is 0 Å². The number of benzene rings is 1. The third kappa shape index (κ3) is 5.78. The molecule has 1 aromatic heterocycles. The van der Waals surface area contributed by atoms with Crippen molar-refractivity contribution >= 4 is 17.5 Å². The van der Waals surface area contributed by atoms with E-state index in [1.165, 1.54) is 6.07 Å². The molecule has 1 heterocycles. The molecule has 2 aromatic rings. The average Bonchev–Trinajstić information content (AvgIpc) is 3.49. The fourth-order valence-electron chi connectivity index (χ4n) is 2.97. The lowest BCUT2D eigenvalue weighted by Crippen LogP contribution is -2.30. The Kier molecular flexibility index (Phi) is 6.35. The van der Waals surface area contributed by atoms with Crippen LogP contribution in [0.1, 0.15) is 49.4 Å². The Morgan fingerprint density at radius 1 is 1.03 bits per heavy atom. The predicted molar refractivity (Wildman–Crippen MR) is 103 cm³/mol. The summed E-state index contributed by atoms with van der Waals surface area (Å²) in [5.41, 5.74) is -2.77. The summed E-state index contributed by atoms with van der Waals surface area (Å²) >= 11 is 0. The molecule has 0 radical (unpaired) electrons. The summed E-state index contributed by atoms with van der Waals surface area (Å²) in [6.45, 7) is 3.54. The first-order valence-corrected chi connectivity index (χ1v) is 9.70. The van der Waals surface area contributed by atoms with Crippen LogP contribution in [-0.4, -0.2) is 27.7 Å². The molecular weight excluding hydrogens is 426 g/mol. The molecule has 0 spiro atoms. The molecule has 170 valence electrons. The van der Waals surface area contributed by atoms with Gasteiger partial charge in [-0.1, -0.05) is 13.8 Å². The number of nitrogens with one attached hydrogen (secondary N) is 2. The maximum atomic E-state index is 13.4. The smallest absolute Gasteiger partial charge is 0.394 e. The minimum Gasteiger partial charge on any atom is -0.394 e. The number of anilines is 3. The summed E-state index contributed by atoms with van der Waals surface area (Å²) in [5.74, 6) is 0.317. The number of alkyl halides is 6. The van der Waals surface area contributed by atoms with E-state index in [4.69, 9.17) is 0 Å². The monoisotopic (exact) mass is 448 g/mol. The summed E-state index contributed by atoms with van der Waals surface area (Å²) in [7, 11) is 0. The number of hydrogen-bond acceptors (Lipinski definition) is 5. The normalized spacial score (nSPS) is 15.8. The zero-order valence-electron chi connectivity index (χ0n) is 16.8. The van der Waals surface area contributed by atoms with Crippen molar-refractivity contribution in [1.82, 2.24) is 9.97 Å². The highest BCUT2D eigenvalue weighted by Crippen LogP contribution is 2.42. The first-order valence-electron chi connectivity index (χ1n) is 9.70. The molecule has 1 aliphatic carbocycles. The lowest BCUT2D eigenvalue weighted by atomic mass is 10.1. The number of hydrogen-bond donors (Lipinski definition) is 3. The Labute approximate surface area is 174 Å². The minimum atomic E-state index is -5.00. The summed E-state index contributed by atoms with van der Waals surface area (Å²) in [6, 6.07) is 2.51. The van der Waals surface area contributed by atoms with Crippen molar-refractivity contribution in [3.8, 4) is 0 Å². The van der Waals surface area contributed by atoms with E-state index < -0.39 is 29.2 Å². The van der Waals surface area contributed by atoms with Crippen LogP contribution < -0.4 is 10.6 Å². The van der Waals surface area contributed by atoms with E-state index in [0.717, 1.165) is 18.9 Å². The number of aliphatic hydroxyl groups is 1. The van der Waals surface area contributed by atoms with Crippen LogP contribution in [-0.2, 0) is 12.4 Å². The Bertz CT molecular complexity index is 925. The van der Waals surface area contributed by atoms with Crippen molar-refractivity contribution in [2.75, 3.05) is 17.2 Å². The van der Waals surface area contributed by atoms with Gasteiger partial charge in [-0.05, 0) is 37.0 Å². The molecule has 0 unspecified atom stereocenters. The van der Waals surface area contributed by atoms with Crippen molar-refractivity contribution < 1.29 is 31.4 Å². The zero-order valence-corrected chi connectivity index (χ0v) is 16.8. The van der Waals surface area contributed by atoms with Gasteiger partial charge in [-0.15, -0.1) is 0 Å². The highest BCUT2D eigenvalue weighted by atomic mass is 19.4. The van der Waals surface area contributed by atoms with Gasteiger partial charge in [0.1, 0.15) is 5.82 Å². The SMILES string of the molecule is CC(C)[C@H](CO)Nc1nc(Nc2ccc(C(F)(F)F)cc2C(F)(F)F)cc(C2CC2)n1. The van der Waals surface area contributed by atoms with Gasteiger partial charge in [0.2, 0.25) is 5.95 Å². The molecule has 0 bridgehead atoms. The van der Waals surface area contributed by atoms with Gasteiger partial charge in [-0.25, -0.2) is 4.98 Å². The molecule has 0 saturated heterocycles. The molecule has 3 N–H and O–H groups in total. The van der Waals surface area contributed by atoms with E-state index in [1.54, 1.807) is 0 Å². The second-order valence-corrected chi connectivity index (χ2v) is 7.83. The number of nitrogens with zero attached hydrogens (tertiary/aromatic N) is 2. The minimum absolute atomic E-state index is 0.0186. The van der Waals surface area contributed by atoms with Gasteiger partial charge in [0.15, 0.2) is 0 Å². The Balaban J connectivity index is 1.98. The molecule has 1 aliphatic rings. The van der Waals surface area contributed by atoms with Gasteiger partial charge in [0, 0.05) is 12.0 Å². The molecule has 31 heavy (non-hydrogen) atoms. The maximum Gasteiger partial charge on any atom is 0.418 e. The molecule has 1 fully saturated rings. The second kappa shape index (κ2) is 8.52. The van der Waals surface area contributed by atoms with Gasteiger partial charge in [-0.2, -0.15) is 31.3 Å². The first kappa shape index (κ1) is 23.1. The molecule has 3 rings (SSSR count). The van der Waals surface area contributed by atoms with Crippen molar-refractivity contribution in [2.45, 2.75) is 51.0 Å². The van der Waals surface area contributed by atoms with Crippen molar-refractivity contribution in [1.29, 1.82) is 0 Å². The highest BCUT2D eigenvalue weighted by molar-refractivity contribution is 5.63. The summed E-state index contributed by atoms with van der Waals surface area (Å²) in [6.07, 6.45) is -8.16. The fraction of sp³-hybridized carbons (Fsp3) is 0.500. The maximum absolute atomic E-state index is 13.4. The highest BCUT2D eigenvalue weighted by Gasteiger charge is 2.38. The number of aromatic nitrogens is 2. The van der Waals surface area contributed by atoms with Gasteiger partial charge >= 0.3 is 12.4 Å². The van der Waals surface area contributed by atoms with E-state index in [-0.39, 0.29) is 42.3 Å². The molecule has 1 atom stereocenters. The van der Waals surface area contributed by atoms with E-state index in [1.807, 2.05) is 13.8 Å². The van der Waals surface area contributed by atoms with E-state index >= 15 is 0 Å². The van der Waals surface area contributed by atoms with Crippen LogP contribution in [0.15, 0.2) is 24.3 Å². The third-order valence-corrected chi connectivity index (χ3v) is 4.97. The van der Waals surface area contributed by atoms with E-state index in [0.29, 0.717) is 11.8 Å². The Hall–Kier alpha value is -2.56. The van der Waals surface area contributed by atoms with Gasteiger partial charge < -0.3 is 15.7 Å². The van der Waals surface area contributed by atoms with E-state index in [2.05, 4.69) is 20.6 Å². The van der Waals surface area contributed by atoms with Gasteiger partial charge in [0.05, 0.1) is 35.2 Å². The predicted octanol–water partition coefficient (Wildman–Crippen LogP) is 5.56. The lowest BCUT2D eigenvalue weighted by Gasteiger charge is -2.21. The van der Waals surface area contributed by atoms with Crippen molar-refractivity contribution in [3.63, 3.8) is 0 Å². The van der Waals surface area contributed by atoms with Crippen molar-refractivity contribution in [2.24, 2.45) is 5.92 Å². The number of aliphatic hydroxyl groups excluding tert-OH is 1. The molecule has 0 aliphatic heterocycles. The quantitative estimate of drug-likeness (QED) is 0.484. The van der Waals surface area contributed by atoms with Crippen LogP contribution >= 0.6 is 0 Å². The molecule has 0 amide bonds. The molecule has 5 nitrogen and oxygen atoms in total. The summed E-state index contributed by atoms with van der Waals surface area (Å²) < 4.78 is 79.0. The van der Waals surface area contributed by atoms with Crippen LogP contribution in [0.5, 0.6) is 0 Å². The summed E-state index contributed by atoms with van der Waals surface area (Å²) in [5, 5.41) is 15.0. The van der Waals surface area contributed by atoms with Crippen LogP contribution in [0.3, 0.4) is 0 Å². The molecule has 11 heteroatoms. The Morgan fingerprint density at radius 3 is 2.23 bits per heavy atom. The van der Waals surface area contributed by atoms with Gasteiger partial charge in [-0.3, -0.25) is 0 Å². The first-order chi connectivity index (χ1) is 14.4. The number of rotatable bonds is 7. The van der Waals surface area contributed by atoms with Gasteiger partial charge in [0.25, 0.3) is 0 Å². The van der Waals surface area contributed by atoms with E-state index in [9.17, 15) is 31.4 Å². The third-order valence-electron chi connectivity index (χ3n) is 4.97. The molecule has 1 aromatic carbocycles. The van der Waals surface area contributed by atoms with Crippen molar-refractivity contribution in [3.05, 3.63) is 41.1 Å². The largest absolute Gasteiger partial charge is 0.418 e. The number of halogens is 6. The Morgan fingerprint density at radius 2 is 1.71 bits per heavy atom. The van der Waals surface area contributed by atoms with Crippen LogP contribution in [0.2, 0.25) is 0 Å². The topological polar surface area (TPSA) is 70.1 Å². The van der Waals surface area contributed by atoms with Crippen LogP contribution in [0.4, 0.5) is 43.8 Å². The van der Waals surface area contributed by atoms with Crippen LogP contribution in [0, 0.1) is 5.92 Å². The zero-order chi connectivity index (χ0) is 23.0. The average molecular weight is 448 g/mol. The lowest BCUT2D eigenvalue weighted by molar-refractivity contribution is -0.142. The summed E-state index contributed by atoms with van der Waals surface area (Å²) in [4.78, 5) is 8.55. The molecule has 1 saturated carbocycles. The molecular formula is C20H22F6N4O.